The van der Waals surface area contributed by atoms with Crippen LogP contribution in [0.1, 0.15) is 45.4 Å². The van der Waals surface area contributed by atoms with Gasteiger partial charge < -0.3 is 10.8 Å². The average molecular weight is 301 g/mol. The van der Waals surface area contributed by atoms with Gasteiger partial charge in [-0.3, -0.25) is 4.98 Å². The van der Waals surface area contributed by atoms with E-state index < -0.39 is 6.10 Å². The molecule has 0 aromatic carbocycles. The summed E-state index contributed by atoms with van der Waals surface area (Å²) >= 11 is 0. The summed E-state index contributed by atoms with van der Waals surface area (Å²) in [6.45, 7) is 6.29. The maximum atomic E-state index is 9.95. The fourth-order valence-corrected chi connectivity index (χ4v) is 2.94. The van der Waals surface area contributed by atoms with Crippen molar-refractivity contribution in [2.45, 2.75) is 57.2 Å². The van der Waals surface area contributed by atoms with Gasteiger partial charge in [0.2, 0.25) is 0 Å². The van der Waals surface area contributed by atoms with Crippen molar-refractivity contribution in [3.8, 4) is 11.5 Å². The first kappa shape index (κ1) is 15.1. The Balaban J connectivity index is 2.03. The molecular formula is C16H23N5O. The molecule has 2 aromatic heterocycles. The zero-order chi connectivity index (χ0) is 15.9. The summed E-state index contributed by atoms with van der Waals surface area (Å²) in [4.78, 5) is 9.05. The van der Waals surface area contributed by atoms with Gasteiger partial charge in [-0.2, -0.15) is 0 Å². The number of pyridine rings is 1. The smallest absolute Gasteiger partial charge is 0.200 e. The topological polar surface area (TPSA) is 89.9 Å². The molecule has 1 aliphatic carbocycles. The predicted molar refractivity (Wildman–Crippen MR) is 84.2 cm³/mol. The van der Waals surface area contributed by atoms with Crippen molar-refractivity contribution in [1.82, 2.24) is 19.7 Å². The molecule has 6 nitrogen and oxygen atoms in total. The van der Waals surface area contributed by atoms with Crippen molar-refractivity contribution < 1.29 is 5.11 Å². The Morgan fingerprint density at radius 2 is 2.05 bits per heavy atom. The summed E-state index contributed by atoms with van der Waals surface area (Å²) < 4.78 is 1.95. The molecule has 118 valence electrons. The molecule has 0 saturated heterocycles. The van der Waals surface area contributed by atoms with Crippen LogP contribution >= 0.6 is 0 Å². The molecule has 2 heterocycles. The van der Waals surface area contributed by atoms with Crippen LogP contribution in [0.4, 0.5) is 0 Å². The number of nitrogens with two attached hydrogens (primary N) is 1. The first-order valence-electron chi connectivity index (χ1n) is 7.69. The molecule has 0 spiro atoms. The van der Waals surface area contributed by atoms with Gasteiger partial charge in [0.15, 0.2) is 5.82 Å². The summed E-state index contributed by atoms with van der Waals surface area (Å²) in [7, 11) is 0. The number of aliphatic hydroxyl groups is 1. The van der Waals surface area contributed by atoms with E-state index in [1.165, 1.54) is 0 Å². The van der Waals surface area contributed by atoms with Gasteiger partial charge in [-0.05, 0) is 45.7 Å². The third kappa shape index (κ3) is 2.76. The summed E-state index contributed by atoms with van der Waals surface area (Å²) in [5.41, 5.74) is 6.53. The van der Waals surface area contributed by atoms with Crippen molar-refractivity contribution in [2.24, 2.45) is 5.73 Å². The molecule has 1 aliphatic rings. The van der Waals surface area contributed by atoms with Crippen LogP contribution < -0.4 is 5.73 Å². The highest BCUT2D eigenvalue weighted by molar-refractivity contribution is 5.48. The monoisotopic (exact) mass is 301 g/mol. The van der Waals surface area contributed by atoms with E-state index >= 15 is 0 Å². The Morgan fingerprint density at radius 1 is 1.27 bits per heavy atom. The standard InChI is InChI=1S/C16H23N5O/c1-16(2,3)21-15(10-8-11(17)13(22)9-10)19-14(20-21)12-6-4-5-7-18-12/h4-7,10-11,13,22H,8-9,17H2,1-3H3/t10-,11+,13+/m0/s1. The van der Waals surface area contributed by atoms with E-state index in [0.29, 0.717) is 12.2 Å². The average Bonchev–Trinajstić information content (AvgIpc) is 3.04. The lowest BCUT2D eigenvalue weighted by atomic mass is 10.0. The second kappa shape index (κ2) is 5.44. The number of nitrogens with zero attached hydrogens (tertiary/aromatic N) is 4. The van der Waals surface area contributed by atoms with Crippen LogP contribution in [-0.4, -0.2) is 37.0 Å². The van der Waals surface area contributed by atoms with Crippen molar-refractivity contribution >= 4 is 0 Å². The zero-order valence-electron chi connectivity index (χ0n) is 13.3. The van der Waals surface area contributed by atoms with Gasteiger partial charge in [0, 0.05) is 18.2 Å². The van der Waals surface area contributed by atoms with Crippen LogP contribution in [0.15, 0.2) is 24.4 Å². The molecule has 22 heavy (non-hydrogen) atoms. The maximum absolute atomic E-state index is 9.95. The number of aromatic nitrogens is 4. The summed E-state index contributed by atoms with van der Waals surface area (Å²) in [6.07, 6.45) is 2.64. The molecule has 1 fully saturated rings. The van der Waals surface area contributed by atoms with E-state index in [4.69, 9.17) is 10.7 Å². The molecule has 0 unspecified atom stereocenters. The van der Waals surface area contributed by atoms with E-state index in [0.717, 1.165) is 17.9 Å². The molecule has 0 bridgehead atoms. The van der Waals surface area contributed by atoms with Gasteiger partial charge in [0.1, 0.15) is 11.5 Å². The Kier molecular flexibility index (Phi) is 3.74. The third-order valence-corrected chi connectivity index (χ3v) is 4.10. The minimum atomic E-state index is -0.464. The minimum Gasteiger partial charge on any atom is -0.391 e. The van der Waals surface area contributed by atoms with Gasteiger partial charge in [0.05, 0.1) is 11.6 Å². The molecule has 3 rings (SSSR count). The van der Waals surface area contributed by atoms with Crippen molar-refractivity contribution in [3.05, 3.63) is 30.2 Å². The van der Waals surface area contributed by atoms with Crippen molar-refractivity contribution in [2.75, 3.05) is 0 Å². The fourth-order valence-electron chi connectivity index (χ4n) is 2.94. The minimum absolute atomic E-state index is 0.134. The molecule has 6 heteroatoms. The molecule has 0 amide bonds. The Morgan fingerprint density at radius 3 is 2.59 bits per heavy atom. The van der Waals surface area contributed by atoms with Gasteiger partial charge in [-0.1, -0.05) is 6.07 Å². The normalized spacial score (nSPS) is 25.6. The molecule has 3 N–H and O–H groups in total. The largest absolute Gasteiger partial charge is 0.391 e. The molecule has 1 saturated carbocycles. The highest BCUT2D eigenvalue weighted by atomic mass is 16.3. The summed E-state index contributed by atoms with van der Waals surface area (Å²) in [5.74, 6) is 1.65. The van der Waals surface area contributed by atoms with E-state index in [-0.39, 0.29) is 17.5 Å². The van der Waals surface area contributed by atoms with Crippen LogP contribution in [0.2, 0.25) is 0 Å². The number of aliphatic hydroxyl groups excluding tert-OH is 1. The Hall–Kier alpha value is -1.79. The zero-order valence-corrected chi connectivity index (χ0v) is 13.3. The Labute approximate surface area is 130 Å². The van der Waals surface area contributed by atoms with Crippen molar-refractivity contribution in [1.29, 1.82) is 0 Å². The van der Waals surface area contributed by atoms with Crippen LogP contribution in [0.5, 0.6) is 0 Å². The molecule has 0 aliphatic heterocycles. The lowest BCUT2D eigenvalue weighted by Crippen LogP contribution is -2.28. The predicted octanol–water partition coefficient (Wildman–Crippen LogP) is 1.66. The van der Waals surface area contributed by atoms with Crippen LogP contribution in [0.3, 0.4) is 0 Å². The van der Waals surface area contributed by atoms with Crippen LogP contribution in [-0.2, 0) is 5.54 Å². The van der Waals surface area contributed by atoms with E-state index in [2.05, 4.69) is 30.9 Å². The van der Waals surface area contributed by atoms with Gasteiger partial charge in [-0.15, -0.1) is 5.10 Å². The summed E-state index contributed by atoms with van der Waals surface area (Å²) in [6, 6.07) is 5.52. The Bertz CT molecular complexity index is 636. The second-order valence-corrected chi connectivity index (χ2v) is 6.99. The maximum Gasteiger partial charge on any atom is 0.200 e. The van der Waals surface area contributed by atoms with Crippen molar-refractivity contribution in [3.63, 3.8) is 0 Å². The van der Waals surface area contributed by atoms with E-state index in [1.807, 2.05) is 22.9 Å². The summed E-state index contributed by atoms with van der Waals surface area (Å²) in [5, 5.41) is 14.6. The lowest BCUT2D eigenvalue weighted by molar-refractivity contribution is 0.163. The first-order chi connectivity index (χ1) is 10.4. The SMILES string of the molecule is CC(C)(C)n1nc(-c2ccccn2)nc1[C@H]1C[C@@H](N)[C@H](O)C1. The first-order valence-corrected chi connectivity index (χ1v) is 7.69. The van der Waals surface area contributed by atoms with Crippen LogP contribution in [0.25, 0.3) is 11.5 Å². The van der Waals surface area contributed by atoms with E-state index in [9.17, 15) is 5.11 Å². The van der Waals surface area contributed by atoms with Gasteiger partial charge in [-0.25, -0.2) is 9.67 Å². The third-order valence-electron chi connectivity index (χ3n) is 4.10. The lowest BCUT2D eigenvalue weighted by Gasteiger charge is -2.23. The van der Waals surface area contributed by atoms with Gasteiger partial charge in [0.25, 0.3) is 0 Å². The quantitative estimate of drug-likeness (QED) is 0.880. The molecule has 2 aromatic rings. The van der Waals surface area contributed by atoms with E-state index in [1.54, 1.807) is 6.20 Å². The molecule has 3 atom stereocenters. The van der Waals surface area contributed by atoms with Crippen LogP contribution in [0, 0.1) is 0 Å². The second-order valence-electron chi connectivity index (χ2n) is 6.99. The number of rotatable bonds is 2. The fraction of sp³-hybridized carbons (Fsp3) is 0.562. The molecule has 0 radical (unpaired) electrons. The van der Waals surface area contributed by atoms with Gasteiger partial charge >= 0.3 is 0 Å². The number of hydrogen-bond donors (Lipinski definition) is 2. The number of hydrogen-bond acceptors (Lipinski definition) is 5. The molecular weight excluding hydrogens is 278 g/mol. The highest BCUT2D eigenvalue weighted by Gasteiger charge is 2.36. The highest BCUT2D eigenvalue weighted by Crippen LogP contribution is 2.35.